The SMILES string of the molecule is CCCC1CNC(C)(C2CC2)CN1CCSC(F)(F)F. The number of rotatable bonds is 6. The van der Waals surface area contributed by atoms with Gasteiger partial charge < -0.3 is 5.32 Å². The Hall–Kier alpha value is 0.0600. The molecule has 1 N–H and O–H groups in total. The van der Waals surface area contributed by atoms with E-state index < -0.39 is 5.51 Å². The van der Waals surface area contributed by atoms with Crippen LogP contribution < -0.4 is 5.32 Å². The van der Waals surface area contributed by atoms with Crippen LogP contribution in [0.15, 0.2) is 0 Å². The van der Waals surface area contributed by atoms with E-state index in [9.17, 15) is 13.2 Å². The fourth-order valence-corrected chi connectivity index (χ4v) is 3.80. The van der Waals surface area contributed by atoms with Crippen LogP contribution in [-0.2, 0) is 0 Å². The molecule has 6 heteroatoms. The summed E-state index contributed by atoms with van der Waals surface area (Å²) in [6, 6.07) is 0.389. The van der Waals surface area contributed by atoms with Gasteiger partial charge in [-0.25, -0.2) is 0 Å². The number of halogens is 3. The zero-order chi connectivity index (χ0) is 14.8. The van der Waals surface area contributed by atoms with Crippen molar-refractivity contribution in [3.8, 4) is 0 Å². The summed E-state index contributed by atoms with van der Waals surface area (Å²) >= 11 is 0.109. The monoisotopic (exact) mass is 310 g/mol. The highest BCUT2D eigenvalue weighted by atomic mass is 32.2. The van der Waals surface area contributed by atoms with Gasteiger partial charge >= 0.3 is 5.51 Å². The minimum atomic E-state index is -4.10. The summed E-state index contributed by atoms with van der Waals surface area (Å²) in [5, 5.41) is 3.66. The molecule has 0 aromatic carbocycles. The molecule has 0 amide bonds. The topological polar surface area (TPSA) is 15.3 Å². The highest BCUT2D eigenvalue weighted by Gasteiger charge is 2.45. The first kappa shape index (κ1) is 16.4. The zero-order valence-corrected chi connectivity index (χ0v) is 13.1. The van der Waals surface area contributed by atoms with Crippen molar-refractivity contribution < 1.29 is 13.2 Å². The third-order valence-corrected chi connectivity index (χ3v) is 5.25. The van der Waals surface area contributed by atoms with Gasteiger partial charge in [-0.05, 0) is 43.9 Å². The lowest BCUT2D eigenvalue weighted by Crippen LogP contribution is -2.64. The van der Waals surface area contributed by atoms with Crippen molar-refractivity contribution in [2.24, 2.45) is 5.92 Å². The van der Waals surface area contributed by atoms with Crippen LogP contribution in [0.3, 0.4) is 0 Å². The van der Waals surface area contributed by atoms with Crippen LogP contribution >= 0.6 is 11.8 Å². The average Bonchev–Trinajstić information content (AvgIpc) is 3.15. The van der Waals surface area contributed by atoms with Gasteiger partial charge in [-0.1, -0.05) is 13.3 Å². The lowest BCUT2D eigenvalue weighted by Gasteiger charge is -2.47. The van der Waals surface area contributed by atoms with Gasteiger partial charge in [0.2, 0.25) is 0 Å². The summed E-state index contributed by atoms with van der Waals surface area (Å²) in [6.07, 6.45) is 4.65. The van der Waals surface area contributed by atoms with Crippen molar-refractivity contribution in [2.45, 2.75) is 56.6 Å². The Kier molecular flexibility index (Phi) is 5.29. The van der Waals surface area contributed by atoms with Gasteiger partial charge in [-0.3, -0.25) is 4.90 Å². The van der Waals surface area contributed by atoms with E-state index in [1.807, 2.05) is 0 Å². The Morgan fingerprint density at radius 1 is 1.35 bits per heavy atom. The molecule has 20 heavy (non-hydrogen) atoms. The van der Waals surface area contributed by atoms with Crippen LogP contribution in [0.5, 0.6) is 0 Å². The molecule has 2 rings (SSSR count). The quantitative estimate of drug-likeness (QED) is 0.808. The van der Waals surface area contributed by atoms with Gasteiger partial charge in [0.15, 0.2) is 0 Å². The first-order valence-electron chi connectivity index (χ1n) is 7.54. The summed E-state index contributed by atoms with van der Waals surface area (Å²) in [5.74, 6) is 0.854. The number of alkyl halides is 3. The van der Waals surface area contributed by atoms with E-state index in [1.165, 1.54) is 12.8 Å². The van der Waals surface area contributed by atoms with Gasteiger partial charge in [0.1, 0.15) is 0 Å². The number of piperazine rings is 1. The minimum absolute atomic E-state index is 0.104. The summed E-state index contributed by atoms with van der Waals surface area (Å²) in [5.41, 5.74) is -4.00. The summed E-state index contributed by atoms with van der Waals surface area (Å²) < 4.78 is 36.8. The Balaban J connectivity index is 1.89. The van der Waals surface area contributed by atoms with E-state index in [4.69, 9.17) is 0 Å². The number of thioether (sulfide) groups is 1. The zero-order valence-electron chi connectivity index (χ0n) is 12.3. The van der Waals surface area contributed by atoms with E-state index in [2.05, 4.69) is 24.1 Å². The lowest BCUT2D eigenvalue weighted by molar-refractivity contribution is -0.0330. The van der Waals surface area contributed by atoms with E-state index in [0.717, 1.165) is 25.9 Å². The van der Waals surface area contributed by atoms with E-state index >= 15 is 0 Å². The fraction of sp³-hybridized carbons (Fsp3) is 1.00. The summed E-state index contributed by atoms with van der Waals surface area (Å²) in [7, 11) is 0. The third-order valence-electron chi connectivity index (χ3n) is 4.53. The van der Waals surface area contributed by atoms with Crippen LogP contribution in [0.4, 0.5) is 13.2 Å². The molecule has 2 unspecified atom stereocenters. The van der Waals surface area contributed by atoms with Crippen LogP contribution in [0.2, 0.25) is 0 Å². The average molecular weight is 310 g/mol. The van der Waals surface area contributed by atoms with Gasteiger partial charge in [-0.15, -0.1) is 0 Å². The van der Waals surface area contributed by atoms with Crippen molar-refractivity contribution in [1.29, 1.82) is 0 Å². The fourth-order valence-electron chi connectivity index (χ4n) is 3.24. The Morgan fingerprint density at radius 3 is 2.60 bits per heavy atom. The lowest BCUT2D eigenvalue weighted by atomic mass is 9.90. The number of nitrogens with one attached hydrogen (secondary N) is 1. The molecule has 1 saturated heterocycles. The summed E-state index contributed by atoms with van der Waals surface area (Å²) in [4.78, 5) is 2.29. The predicted molar refractivity (Wildman–Crippen MR) is 77.9 cm³/mol. The van der Waals surface area contributed by atoms with Crippen molar-refractivity contribution in [2.75, 3.05) is 25.4 Å². The van der Waals surface area contributed by atoms with Crippen LogP contribution in [0, 0.1) is 5.92 Å². The van der Waals surface area contributed by atoms with Crippen LogP contribution in [0.1, 0.15) is 39.5 Å². The molecule has 0 aromatic heterocycles. The molecule has 118 valence electrons. The molecule has 1 heterocycles. The second kappa shape index (κ2) is 6.44. The number of nitrogens with zero attached hydrogens (tertiary/aromatic N) is 1. The molecule has 0 radical (unpaired) electrons. The van der Waals surface area contributed by atoms with Crippen molar-refractivity contribution >= 4 is 11.8 Å². The second-order valence-electron chi connectivity index (χ2n) is 6.28. The number of hydrogen-bond acceptors (Lipinski definition) is 3. The number of hydrogen-bond donors (Lipinski definition) is 1. The van der Waals surface area contributed by atoms with Gasteiger partial charge in [0.25, 0.3) is 0 Å². The first-order valence-corrected chi connectivity index (χ1v) is 8.52. The Bertz CT molecular complexity index is 320. The molecule has 1 aliphatic heterocycles. The molecular formula is C14H25F3N2S. The maximum Gasteiger partial charge on any atom is 0.441 e. The molecule has 1 saturated carbocycles. The van der Waals surface area contributed by atoms with Crippen LogP contribution in [0.25, 0.3) is 0 Å². The van der Waals surface area contributed by atoms with Crippen molar-refractivity contribution in [3.05, 3.63) is 0 Å². The Labute approximate surface area is 123 Å². The molecule has 2 nitrogen and oxygen atoms in total. The van der Waals surface area contributed by atoms with Gasteiger partial charge in [-0.2, -0.15) is 13.2 Å². The molecule has 2 atom stereocenters. The Morgan fingerprint density at radius 2 is 2.05 bits per heavy atom. The minimum Gasteiger partial charge on any atom is -0.308 e. The predicted octanol–water partition coefficient (Wildman–Crippen LogP) is 3.48. The van der Waals surface area contributed by atoms with Gasteiger partial charge in [0.05, 0.1) is 0 Å². The van der Waals surface area contributed by atoms with Crippen molar-refractivity contribution in [1.82, 2.24) is 10.2 Å². The highest BCUT2D eigenvalue weighted by Crippen LogP contribution is 2.41. The van der Waals surface area contributed by atoms with E-state index in [1.54, 1.807) is 0 Å². The molecule has 2 fully saturated rings. The van der Waals surface area contributed by atoms with E-state index in [-0.39, 0.29) is 23.1 Å². The largest absolute Gasteiger partial charge is 0.441 e. The molecule has 0 bridgehead atoms. The second-order valence-corrected chi connectivity index (χ2v) is 7.44. The highest BCUT2D eigenvalue weighted by molar-refractivity contribution is 8.00. The maximum absolute atomic E-state index is 12.3. The summed E-state index contributed by atoms with van der Waals surface area (Å²) in [6.45, 7) is 6.71. The normalized spacial score (nSPS) is 32.5. The third kappa shape index (κ3) is 4.53. The van der Waals surface area contributed by atoms with Crippen LogP contribution in [-0.4, -0.2) is 47.4 Å². The maximum atomic E-state index is 12.3. The van der Waals surface area contributed by atoms with E-state index in [0.29, 0.717) is 18.5 Å². The first-order chi connectivity index (χ1) is 9.34. The van der Waals surface area contributed by atoms with Gasteiger partial charge in [0, 0.05) is 37.0 Å². The molecule has 2 aliphatic rings. The smallest absolute Gasteiger partial charge is 0.308 e. The molecule has 1 aliphatic carbocycles. The van der Waals surface area contributed by atoms with Crippen molar-refractivity contribution in [3.63, 3.8) is 0 Å². The standard InChI is InChI=1S/C14H25F3N2S/c1-3-4-12-9-18-13(2,11-5-6-11)10-19(12)7-8-20-14(15,16)17/h11-12,18H,3-10H2,1-2H3. The molecule has 0 aromatic rings. The molecular weight excluding hydrogens is 285 g/mol. The molecule has 0 spiro atoms.